The van der Waals surface area contributed by atoms with Gasteiger partial charge in [0.2, 0.25) is 17.6 Å². The fourth-order valence-electron chi connectivity index (χ4n) is 4.70. The molecular formula is C23H22N2O4. The highest BCUT2D eigenvalue weighted by Crippen LogP contribution is 2.42. The number of nitrogens with one attached hydrogen (secondary N) is 1. The van der Waals surface area contributed by atoms with Crippen LogP contribution in [0.5, 0.6) is 0 Å². The number of benzene rings is 2. The second-order valence-electron chi connectivity index (χ2n) is 7.63. The van der Waals surface area contributed by atoms with Gasteiger partial charge >= 0.3 is 0 Å². The molecule has 2 aliphatic rings. The van der Waals surface area contributed by atoms with Crippen LogP contribution in [0.15, 0.2) is 54.6 Å². The summed E-state index contributed by atoms with van der Waals surface area (Å²) >= 11 is 0. The van der Waals surface area contributed by atoms with Gasteiger partial charge < -0.3 is 0 Å². The molecule has 2 amide bonds. The lowest BCUT2D eigenvalue weighted by molar-refractivity contribution is -0.145. The van der Waals surface area contributed by atoms with E-state index in [9.17, 15) is 19.2 Å². The van der Waals surface area contributed by atoms with Crippen LogP contribution in [0.2, 0.25) is 0 Å². The Bertz CT molecular complexity index is 987. The van der Waals surface area contributed by atoms with Gasteiger partial charge in [-0.15, -0.1) is 0 Å². The van der Waals surface area contributed by atoms with E-state index in [0.717, 1.165) is 16.7 Å². The molecule has 29 heavy (non-hydrogen) atoms. The summed E-state index contributed by atoms with van der Waals surface area (Å²) < 4.78 is 0. The van der Waals surface area contributed by atoms with E-state index in [4.69, 9.17) is 0 Å². The number of carbonyl (C=O) groups is 4. The molecule has 4 rings (SSSR count). The van der Waals surface area contributed by atoms with Crippen LogP contribution < -0.4 is 5.32 Å². The first-order chi connectivity index (χ1) is 14.0. The van der Waals surface area contributed by atoms with Crippen molar-refractivity contribution in [3.8, 4) is 0 Å². The molecule has 0 aromatic heterocycles. The summed E-state index contributed by atoms with van der Waals surface area (Å²) in [6.45, 7) is 2.30. The summed E-state index contributed by atoms with van der Waals surface area (Å²) in [6, 6.07) is 15.3. The Morgan fingerprint density at radius 1 is 1.14 bits per heavy atom. The molecule has 0 aliphatic carbocycles. The second-order valence-corrected chi connectivity index (χ2v) is 7.63. The number of hydrogen-bond acceptors (Lipinski definition) is 5. The van der Waals surface area contributed by atoms with E-state index >= 15 is 0 Å². The van der Waals surface area contributed by atoms with Crippen molar-refractivity contribution < 1.29 is 19.2 Å². The van der Waals surface area contributed by atoms with Crippen LogP contribution in [0, 0.1) is 0 Å². The van der Waals surface area contributed by atoms with E-state index in [1.165, 1.54) is 0 Å². The van der Waals surface area contributed by atoms with Gasteiger partial charge in [0.25, 0.3) is 0 Å². The van der Waals surface area contributed by atoms with Crippen molar-refractivity contribution in [2.45, 2.75) is 43.8 Å². The van der Waals surface area contributed by atoms with Crippen LogP contribution in [0.3, 0.4) is 0 Å². The lowest BCUT2D eigenvalue weighted by atomic mass is 9.70. The maximum Gasteiger partial charge on any atom is 0.244 e. The first kappa shape index (κ1) is 19.2. The third-order valence-corrected chi connectivity index (χ3v) is 6.27. The first-order valence-electron chi connectivity index (χ1n) is 9.75. The maximum absolute atomic E-state index is 12.9. The quantitative estimate of drug-likeness (QED) is 0.480. The first-order valence-corrected chi connectivity index (χ1v) is 9.75. The van der Waals surface area contributed by atoms with Crippen molar-refractivity contribution in [3.63, 3.8) is 0 Å². The van der Waals surface area contributed by atoms with E-state index in [1.807, 2.05) is 61.5 Å². The predicted molar refractivity (Wildman–Crippen MR) is 106 cm³/mol. The van der Waals surface area contributed by atoms with Crippen molar-refractivity contribution in [2.75, 3.05) is 0 Å². The Balaban J connectivity index is 1.76. The highest BCUT2D eigenvalue weighted by molar-refractivity contribution is 6.27. The van der Waals surface area contributed by atoms with Crippen molar-refractivity contribution in [1.29, 1.82) is 0 Å². The van der Waals surface area contributed by atoms with Crippen molar-refractivity contribution in [1.82, 2.24) is 10.2 Å². The molecule has 0 spiro atoms. The van der Waals surface area contributed by atoms with Gasteiger partial charge in [-0.2, -0.15) is 0 Å². The summed E-state index contributed by atoms with van der Waals surface area (Å²) in [6.07, 6.45) is 1.09. The molecule has 1 fully saturated rings. The Morgan fingerprint density at radius 2 is 1.83 bits per heavy atom. The molecular weight excluding hydrogens is 368 g/mol. The highest BCUT2D eigenvalue weighted by atomic mass is 16.2. The molecule has 2 aromatic carbocycles. The molecule has 0 radical (unpaired) electrons. The molecule has 3 unspecified atom stereocenters. The van der Waals surface area contributed by atoms with Crippen LogP contribution in [0.4, 0.5) is 0 Å². The molecule has 3 atom stereocenters. The van der Waals surface area contributed by atoms with Crippen LogP contribution in [-0.4, -0.2) is 34.8 Å². The molecule has 1 saturated heterocycles. The number of rotatable bonds is 5. The molecule has 1 N–H and O–H groups in total. The van der Waals surface area contributed by atoms with Crippen molar-refractivity contribution in [3.05, 3.63) is 71.3 Å². The minimum absolute atomic E-state index is 0.259. The maximum atomic E-state index is 12.9. The zero-order chi connectivity index (χ0) is 20.6. The number of nitrogens with zero attached hydrogens (tertiary/aromatic N) is 1. The topological polar surface area (TPSA) is 83.6 Å². The predicted octanol–water partition coefficient (Wildman–Crippen LogP) is 2.07. The number of aldehydes is 1. The number of amides is 2. The molecule has 148 valence electrons. The third-order valence-electron chi connectivity index (χ3n) is 6.27. The number of piperidine rings is 1. The average Bonchev–Trinajstić information content (AvgIpc) is 3.13. The van der Waals surface area contributed by atoms with E-state index in [-0.39, 0.29) is 12.3 Å². The van der Waals surface area contributed by atoms with Crippen molar-refractivity contribution >= 4 is 23.9 Å². The van der Waals surface area contributed by atoms with Gasteiger partial charge in [-0.25, -0.2) is 0 Å². The van der Waals surface area contributed by atoms with Crippen molar-refractivity contribution in [2.24, 2.45) is 0 Å². The average molecular weight is 390 g/mol. The second kappa shape index (κ2) is 7.37. The minimum Gasteiger partial charge on any atom is -0.295 e. The molecule has 6 heteroatoms. The Hall–Kier alpha value is -3.12. The van der Waals surface area contributed by atoms with Gasteiger partial charge in [-0.3, -0.25) is 29.4 Å². The molecule has 6 nitrogen and oxygen atoms in total. The normalized spacial score (nSPS) is 26.7. The number of hydrogen-bond donors (Lipinski definition) is 1. The summed E-state index contributed by atoms with van der Waals surface area (Å²) in [5, 5.41) is 2.53. The number of Topliss-reactive ketones (excluding diaryl/α,β-unsaturated/α-hetero) is 1. The lowest BCUT2D eigenvalue weighted by Crippen LogP contribution is -2.61. The smallest absolute Gasteiger partial charge is 0.244 e. The van der Waals surface area contributed by atoms with Gasteiger partial charge in [0, 0.05) is 6.54 Å². The fourth-order valence-corrected chi connectivity index (χ4v) is 4.70. The molecule has 2 aromatic rings. The van der Waals surface area contributed by atoms with Crippen LogP contribution >= 0.6 is 0 Å². The fraction of sp³-hybridized carbons (Fsp3) is 0.304. The number of ketones is 1. The molecule has 0 bridgehead atoms. The summed E-state index contributed by atoms with van der Waals surface area (Å²) in [5.41, 5.74) is 1.63. The molecule has 2 heterocycles. The van der Waals surface area contributed by atoms with E-state index < -0.39 is 29.2 Å². The summed E-state index contributed by atoms with van der Waals surface area (Å²) in [7, 11) is 0. The van der Waals surface area contributed by atoms with Gasteiger partial charge in [0.05, 0.1) is 11.5 Å². The number of fused-ring (bicyclic) bond motifs is 1. The Morgan fingerprint density at radius 3 is 2.52 bits per heavy atom. The highest BCUT2D eigenvalue weighted by Gasteiger charge is 2.51. The van der Waals surface area contributed by atoms with Gasteiger partial charge in [0.1, 0.15) is 6.04 Å². The van der Waals surface area contributed by atoms with Gasteiger partial charge in [0.15, 0.2) is 6.29 Å². The van der Waals surface area contributed by atoms with Gasteiger partial charge in [-0.1, -0.05) is 61.5 Å². The molecule has 0 saturated carbocycles. The van der Waals surface area contributed by atoms with Crippen LogP contribution in [0.25, 0.3) is 0 Å². The zero-order valence-electron chi connectivity index (χ0n) is 16.1. The van der Waals surface area contributed by atoms with Crippen LogP contribution in [-0.2, 0) is 31.1 Å². The van der Waals surface area contributed by atoms with E-state index in [0.29, 0.717) is 19.3 Å². The van der Waals surface area contributed by atoms with Gasteiger partial charge in [-0.05, 0) is 29.5 Å². The summed E-state index contributed by atoms with van der Waals surface area (Å²) in [5.74, 6) is -1.32. The third kappa shape index (κ3) is 3.00. The van der Waals surface area contributed by atoms with Crippen LogP contribution in [0.1, 0.15) is 42.5 Å². The standard InChI is InChI=1S/C23H22N2O4/c1-2-23(16-9-4-3-5-10-16)12-18(21(28)24-22(23)29)25-13-15-8-6-7-11-17(15)20(25)19(27)14-26/h3-11,14,18,20H,2,12-13H2,1H3,(H,24,28,29). The Kier molecular flexibility index (Phi) is 4.88. The monoisotopic (exact) mass is 390 g/mol. The largest absolute Gasteiger partial charge is 0.295 e. The lowest BCUT2D eigenvalue weighted by Gasteiger charge is -2.42. The minimum atomic E-state index is -0.872. The number of imide groups is 1. The van der Waals surface area contributed by atoms with E-state index in [1.54, 1.807) is 4.90 Å². The SMILES string of the molecule is CCC1(c2ccccc2)CC(N2Cc3ccccc3C2C(=O)C=O)C(=O)NC1=O. The number of carbonyl (C=O) groups excluding carboxylic acids is 4. The molecule has 2 aliphatic heterocycles. The van der Waals surface area contributed by atoms with E-state index in [2.05, 4.69) is 5.32 Å². The zero-order valence-corrected chi connectivity index (χ0v) is 16.1. The summed E-state index contributed by atoms with van der Waals surface area (Å²) in [4.78, 5) is 51.4. The Labute approximate surface area is 168 Å².